The second-order valence-electron chi connectivity index (χ2n) is 7.30. The number of rotatable bonds is 7. The zero-order chi connectivity index (χ0) is 24.3. The van der Waals surface area contributed by atoms with Gasteiger partial charge in [-0.25, -0.2) is 18.2 Å². The van der Waals surface area contributed by atoms with Crippen LogP contribution in [0.5, 0.6) is 0 Å². The Balaban J connectivity index is 1.75. The molecular formula is C22H21Cl2FN4O3S. The molecule has 11 heteroatoms. The van der Waals surface area contributed by atoms with E-state index in [0.29, 0.717) is 10.0 Å². The zero-order valence-electron chi connectivity index (χ0n) is 18.0. The average Bonchev–Trinajstić information content (AvgIpc) is 3.00. The SMILES string of the molecule is Cc1cc(/C=N\NC(=O)CN(c2cccc(F)c2)S(C)(=O)=O)c(C)n1-c1ccc(Cl)c(Cl)c1. The van der Waals surface area contributed by atoms with Gasteiger partial charge < -0.3 is 4.57 Å². The van der Waals surface area contributed by atoms with Crippen LogP contribution in [0.2, 0.25) is 10.0 Å². The van der Waals surface area contributed by atoms with Crippen molar-refractivity contribution in [3.05, 3.63) is 81.3 Å². The molecule has 7 nitrogen and oxygen atoms in total. The van der Waals surface area contributed by atoms with Crippen molar-refractivity contribution < 1.29 is 17.6 Å². The Hall–Kier alpha value is -2.88. The van der Waals surface area contributed by atoms with Crippen LogP contribution < -0.4 is 9.73 Å². The van der Waals surface area contributed by atoms with Crippen LogP contribution >= 0.6 is 23.2 Å². The molecule has 1 amide bonds. The minimum atomic E-state index is -3.82. The van der Waals surface area contributed by atoms with Crippen LogP contribution in [0.3, 0.4) is 0 Å². The summed E-state index contributed by atoms with van der Waals surface area (Å²) in [6.45, 7) is 3.24. The third-order valence-corrected chi connectivity index (χ3v) is 6.69. The lowest BCUT2D eigenvalue weighted by Crippen LogP contribution is -2.39. The van der Waals surface area contributed by atoms with Crippen molar-refractivity contribution >= 4 is 51.0 Å². The topological polar surface area (TPSA) is 83.8 Å². The molecule has 33 heavy (non-hydrogen) atoms. The molecule has 0 aliphatic rings. The van der Waals surface area contributed by atoms with Crippen molar-refractivity contribution in [3.63, 3.8) is 0 Å². The number of carbonyl (C=O) groups excluding carboxylic acids is 1. The highest BCUT2D eigenvalue weighted by Crippen LogP contribution is 2.27. The van der Waals surface area contributed by atoms with Crippen LogP contribution in [0.4, 0.5) is 10.1 Å². The molecule has 3 aromatic rings. The smallest absolute Gasteiger partial charge is 0.260 e. The number of anilines is 1. The fourth-order valence-electron chi connectivity index (χ4n) is 3.31. The normalized spacial score (nSPS) is 11.7. The van der Waals surface area contributed by atoms with Gasteiger partial charge in [0, 0.05) is 22.6 Å². The summed E-state index contributed by atoms with van der Waals surface area (Å²) in [4.78, 5) is 12.3. The van der Waals surface area contributed by atoms with Crippen molar-refractivity contribution in [3.8, 4) is 5.69 Å². The molecule has 0 saturated heterocycles. The van der Waals surface area contributed by atoms with E-state index in [-0.39, 0.29) is 5.69 Å². The number of sulfonamides is 1. The van der Waals surface area contributed by atoms with Crippen molar-refractivity contribution in [1.82, 2.24) is 9.99 Å². The van der Waals surface area contributed by atoms with E-state index in [4.69, 9.17) is 23.2 Å². The molecule has 0 radical (unpaired) electrons. The number of aromatic nitrogens is 1. The summed E-state index contributed by atoms with van der Waals surface area (Å²) in [5, 5.41) is 4.83. The van der Waals surface area contributed by atoms with Gasteiger partial charge in [0.25, 0.3) is 5.91 Å². The van der Waals surface area contributed by atoms with Gasteiger partial charge in [-0.05, 0) is 56.3 Å². The minimum Gasteiger partial charge on any atom is -0.318 e. The molecule has 3 rings (SSSR count). The molecule has 0 fully saturated rings. The number of hydrogen-bond acceptors (Lipinski definition) is 4. The molecule has 0 unspecified atom stereocenters. The van der Waals surface area contributed by atoms with Crippen LogP contribution in [0.1, 0.15) is 17.0 Å². The van der Waals surface area contributed by atoms with Gasteiger partial charge in [-0.3, -0.25) is 9.10 Å². The second-order valence-corrected chi connectivity index (χ2v) is 10.0. The van der Waals surface area contributed by atoms with E-state index in [1.807, 2.05) is 30.5 Å². The summed E-state index contributed by atoms with van der Waals surface area (Å²) in [6, 6.07) is 12.2. The highest BCUT2D eigenvalue weighted by atomic mass is 35.5. The molecule has 0 aliphatic carbocycles. The van der Waals surface area contributed by atoms with Crippen molar-refractivity contribution in [2.45, 2.75) is 13.8 Å². The highest BCUT2D eigenvalue weighted by Gasteiger charge is 2.21. The van der Waals surface area contributed by atoms with Crippen LogP contribution in [0.15, 0.2) is 53.6 Å². The number of hydrogen-bond donors (Lipinski definition) is 1. The minimum absolute atomic E-state index is 0.0433. The molecule has 174 valence electrons. The number of nitrogens with one attached hydrogen (secondary N) is 1. The summed E-state index contributed by atoms with van der Waals surface area (Å²) in [5.74, 6) is -1.30. The number of benzene rings is 2. The van der Waals surface area contributed by atoms with E-state index in [0.717, 1.165) is 39.3 Å². The lowest BCUT2D eigenvalue weighted by atomic mass is 10.2. The lowest BCUT2D eigenvalue weighted by molar-refractivity contribution is -0.119. The largest absolute Gasteiger partial charge is 0.318 e. The molecular weight excluding hydrogens is 490 g/mol. The maximum Gasteiger partial charge on any atom is 0.260 e. The van der Waals surface area contributed by atoms with Gasteiger partial charge >= 0.3 is 0 Å². The summed E-state index contributed by atoms with van der Waals surface area (Å²) >= 11 is 12.1. The van der Waals surface area contributed by atoms with Gasteiger partial charge in [0.15, 0.2) is 0 Å². The van der Waals surface area contributed by atoms with Crippen LogP contribution in [0, 0.1) is 19.7 Å². The third-order valence-electron chi connectivity index (χ3n) is 4.81. The van der Waals surface area contributed by atoms with Gasteiger partial charge in [0.1, 0.15) is 12.4 Å². The molecule has 0 aliphatic heterocycles. The summed E-state index contributed by atoms with van der Waals surface area (Å²) < 4.78 is 40.5. The summed E-state index contributed by atoms with van der Waals surface area (Å²) in [7, 11) is -3.82. The maximum absolute atomic E-state index is 13.5. The quantitative estimate of drug-likeness (QED) is 0.376. The zero-order valence-corrected chi connectivity index (χ0v) is 20.3. The van der Waals surface area contributed by atoms with E-state index in [1.165, 1.54) is 24.4 Å². The predicted octanol–water partition coefficient (Wildman–Crippen LogP) is 4.46. The van der Waals surface area contributed by atoms with E-state index in [1.54, 1.807) is 12.1 Å². The molecule has 0 spiro atoms. The van der Waals surface area contributed by atoms with Crippen LogP contribution in [0.25, 0.3) is 5.69 Å². The molecule has 2 aromatic carbocycles. The Morgan fingerprint density at radius 2 is 1.88 bits per heavy atom. The average molecular weight is 511 g/mol. The Labute approximate surface area is 201 Å². The molecule has 1 N–H and O–H groups in total. The highest BCUT2D eigenvalue weighted by molar-refractivity contribution is 7.92. The number of aryl methyl sites for hydroxylation is 1. The monoisotopic (exact) mass is 510 g/mol. The number of hydrazone groups is 1. The van der Waals surface area contributed by atoms with Gasteiger partial charge in [0.2, 0.25) is 10.0 Å². The van der Waals surface area contributed by atoms with E-state index < -0.39 is 28.3 Å². The first-order valence-corrected chi connectivity index (χ1v) is 12.3. The Morgan fingerprint density at radius 1 is 1.15 bits per heavy atom. The molecule has 0 saturated carbocycles. The fourth-order valence-corrected chi connectivity index (χ4v) is 4.45. The fraction of sp³-hybridized carbons (Fsp3) is 0.182. The van der Waals surface area contributed by atoms with Crippen molar-refractivity contribution in [1.29, 1.82) is 0 Å². The van der Waals surface area contributed by atoms with Crippen LogP contribution in [-0.4, -0.2) is 37.9 Å². The predicted molar refractivity (Wildman–Crippen MR) is 130 cm³/mol. The Bertz CT molecular complexity index is 1340. The van der Waals surface area contributed by atoms with Gasteiger partial charge in [-0.2, -0.15) is 5.10 Å². The first-order valence-electron chi connectivity index (χ1n) is 9.67. The number of carbonyl (C=O) groups is 1. The van der Waals surface area contributed by atoms with E-state index in [2.05, 4.69) is 10.5 Å². The van der Waals surface area contributed by atoms with Gasteiger partial charge in [-0.1, -0.05) is 29.3 Å². The first kappa shape index (κ1) is 24.8. The summed E-state index contributed by atoms with van der Waals surface area (Å²) in [6.07, 6.45) is 2.40. The number of amides is 1. The lowest BCUT2D eigenvalue weighted by Gasteiger charge is -2.21. The molecule has 0 atom stereocenters. The first-order chi connectivity index (χ1) is 15.5. The van der Waals surface area contributed by atoms with Crippen LogP contribution in [-0.2, 0) is 14.8 Å². The van der Waals surface area contributed by atoms with Gasteiger partial charge in [0.05, 0.1) is 28.2 Å². The Kier molecular flexibility index (Phi) is 7.46. The Morgan fingerprint density at radius 3 is 2.52 bits per heavy atom. The molecule has 0 bridgehead atoms. The molecule has 1 aromatic heterocycles. The number of nitrogens with zero attached hydrogens (tertiary/aromatic N) is 3. The van der Waals surface area contributed by atoms with Crippen molar-refractivity contribution in [2.75, 3.05) is 17.1 Å². The van der Waals surface area contributed by atoms with E-state index >= 15 is 0 Å². The van der Waals surface area contributed by atoms with E-state index in [9.17, 15) is 17.6 Å². The van der Waals surface area contributed by atoms with Gasteiger partial charge in [-0.15, -0.1) is 0 Å². The maximum atomic E-state index is 13.5. The second kappa shape index (κ2) is 9.94. The third kappa shape index (κ3) is 5.93. The molecule has 1 heterocycles. The summed E-state index contributed by atoms with van der Waals surface area (Å²) in [5.41, 5.74) is 5.68. The van der Waals surface area contributed by atoms with Crippen molar-refractivity contribution in [2.24, 2.45) is 5.10 Å². The number of halogens is 3. The standard InChI is InChI=1S/C22H21Cl2FN4O3S/c1-14-9-16(15(2)29(14)19-7-8-20(23)21(24)11-19)12-26-27-22(30)13-28(33(3,31)32)18-6-4-5-17(25)10-18/h4-12H,13H2,1-3H3,(H,27,30)/b26-12-.